The molecule has 0 aliphatic heterocycles. The third-order valence-electron chi connectivity index (χ3n) is 2.99. The average Bonchev–Trinajstić information content (AvgIpc) is 2.82. The third-order valence-corrected chi connectivity index (χ3v) is 3.87. The molecule has 102 valence electrons. The van der Waals surface area contributed by atoms with Gasteiger partial charge < -0.3 is 0 Å². The van der Waals surface area contributed by atoms with Crippen molar-refractivity contribution in [1.29, 1.82) is 0 Å². The minimum atomic E-state index is -0.426. The monoisotopic (exact) mass is 356 g/mol. The molecule has 0 bridgehead atoms. The van der Waals surface area contributed by atoms with Crippen LogP contribution in [0.2, 0.25) is 0 Å². The standard InChI is InChI=1S/C14H8BrClF2N2/c15-9-5-4-8(6-11(9)18)20-12-3-1-2-10(17)14(12)19-13(20)7-16/h1-6H,7H2. The fraction of sp³-hybridized carbons (Fsp3) is 0.0714. The molecular weight excluding hydrogens is 350 g/mol. The number of fused-ring (bicyclic) bond motifs is 1. The molecule has 0 amide bonds. The van der Waals surface area contributed by atoms with Gasteiger partial charge in [0.2, 0.25) is 0 Å². The molecule has 0 aliphatic carbocycles. The Labute approximate surface area is 127 Å². The Morgan fingerprint density at radius 2 is 1.95 bits per heavy atom. The summed E-state index contributed by atoms with van der Waals surface area (Å²) in [5.74, 6) is -0.258. The number of aromatic nitrogens is 2. The van der Waals surface area contributed by atoms with Crippen LogP contribution in [0.1, 0.15) is 5.82 Å². The SMILES string of the molecule is Fc1cc(-n2c(CCl)nc3c(F)cccc32)ccc1Br. The molecule has 0 saturated heterocycles. The van der Waals surface area contributed by atoms with Gasteiger partial charge in [-0.05, 0) is 46.3 Å². The van der Waals surface area contributed by atoms with Crippen LogP contribution in [-0.2, 0) is 5.88 Å². The smallest absolute Gasteiger partial charge is 0.151 e. The highest BCUT2D eigenvalue weighted by atomic mass is 79.9. The molecule has 0 N–H and O–H groups in total. The molecule has 0 atom stereocenters. The van der Waals surface area contributed by atoms with Crippen LogP contribution in [-0.4, -0.2) is 9.55 Å². The predicted octanol–water partition coefficient (Wildman–Crippen LogP) is 4.81. The van der Waals surface area contributed by atoms with E-state index in [1.165, 1.54) is 12.1 Å². The number of halogens is 4. The van der Waals surface area contributed by atoms with Gasteiger partial charge in [0.25, 0.3) is 0 Å². The van der Waals surface area contributed by atoms with Crippen molar-refractivity contribution in [3.05, 3.63) is 58.3 Å². The Morgan fingerprint density at radius 1 is 1.15 bits per heavy atom. The topological polar surface area (TPSA) is 17.8 Å². The fourth-order valence-electron chi connectivity index (χ4n) is 2.12. The molecule has 3 aromatic rings. The lowest BCUT2D eigenvalue weighted by atomic mass is 10.2. The minimum absolute atomic E-state index is 0.103. The highest BCUT2D eigenvalue weighted by Gasteiger charge is 2.15. The molecule has 0 fully saturated rings. The average molecular weight is 358 g/mol. The first-order valence-electron chi connectivity index (χ1n) is 5.79. The number of hydrogen-bond acceptors (Lipinski definition) is 1. The van der Waals surface area contributed by atoms with Crippen LogP contribution in [0, 0.1) is 11.6 Å². The number of nitrogens with zero attached hydrogens (tertiary/aromatic N) is 2. The molecule has 6 heteroatoms. The van der Waals surface area contributed by atoms with Crippen LogP contribution in [0.15, 0.2) is 40.9 Å². The zero-order valence-electron chi connectivity index (χ0n) is 10.1. The molecule has 2 nitrogen and oxygen atoms in total. The number of imidazole rings is 1. The van der Waals surface area contributed by atoms with Crippen molar-refractivity contribution in [3.63, 3.8) is 0 Å². The summed E-state index contributed by atoms with van der Waals surface area (Å²) in [6.07, 6.45) is 0. The summed E-state index contributed by atoms with van der Waals surface area (Å²) in [6.45, 7) is 0. The summed E-state index contributed by atoms with van der Waals surface area (Å²) in [7, 11) is 0. The second kappa shape index (κ2) is 5.14. The maximum absolute atomic E-state index is 13.8. The van der Waals surface area contributed by atoms with Crippen LogP contribution in [0.5, 0.6) is 0 Å². The summed E-state index contributed by atoms with van der Waals surface area (Å²) < 4.78 is 29.5. The van der Waals surface area contributed by atoms with Crippen LogP contribution >= 0.6 is 27.5 Å². The summed E-state index contributed by atoms with van der Waals surface area (Å²) in [5.41, 5.74) is 1.34. The first kappa shape index (κ1) is 13.5. The first-order chi connectivity index (χ1) is 9.61. The van der Waals surface area contributed by atoms with E-state index in [2.05, 4.69) is 20.9 Å². The fourth-order valence-corrected chi connectivity index (χ4v) is 2.54. The summed E-state index contributed by atoms with van der Waals surface area (Å²) in [6, 6.07) is 9.31. The van der Waals surface area contributed by atoms with Crippen molar-refractivity contribution in [3.8, 4) is 5.69 Å². The van der Waals surface area contributed by atoms with Gasteiger partial charge in [0, 0.05) is 0 Å². The second-order valence-corrected chi connectivity index (χ2v) is 5.32. The molecular formula is C14H8BrClF2N2. The minimum Gasteiger partial charge on any atom is -0.295 e. The first-order valence-corrected chi connectivity index (χ1v) is 7.12. The van der Waals surface area contributed by atoms with Gasteiger partial charge in [-0.15, -0.1) is 11.6 Å². The number of rotatable bonds is 2. The van der Waals surface area contributed by atoms with Gasteiger partial charge in [0.1, 0.15) is 17.2 Å². The van der Waals surface area contributed by atoms with Gasteiger partial charge in [-0.3, -0.25) is 4.57 Å². The Bertz CT molecular complexity index is 801. The van der Waals surface area contributed by atoms with Gasteiger partial charge >= 0.3 is 0 Å². The van der Waals surface area contributed by atoms with E-state index in [-0.39, 0.29) is 11.4 Å². The highest BCUT2D eigenvalue weighted by molar-refractivity contribution is 9.10. The van der Waals surface area contributed by atoms with Crippen molar-refractivity contribution in [2.45, 2.75) is 5.88 Å². The molecule has 0 saturated carbocycles. The van der Waals surface area contributed by atoms with Crippen molar-refractivity contribution < 1.29 is 8.78 Å². The van der Waals surface area contributed by atoms with E-state index in [0.29, 0.717) is 21.5 Å². The number of benzene rings is 2. The molecule has 0 spiro atoms. The van der Waals surface area contributed by atoms with Gasteiger partial charge in [-0.2, -0.15) is 0 Å². The maximum Gasteiger partial charge on any atom is 0.151 e. The van der Waals surface area contributed by atoms with Crippen LogP contribution < -0.4 is 0 Å². The number of para-hydroxylation sites is 1. The molecule has 1 heterocycles. The van der Waals surface area contributed by atoms with Crippen molar-refractivity contribution in [2.75, 3.05) is 0 Å². The Balaban J connectivity index is 2.34. The van der Waals surface area contributed by atoms with E-state index in [0.717, 1.165) is 0 Å². The molecule has 2 aromatic carbocycles. The lowest BCUT2D eigenvalue weighted by molar-refractivity contribution is 0.620. The van der Waals surface area contributed by atoms with Gasteiger partial charge in [0.05, 0.1) is 21.6 Å². The Morgan fingerprint density at radius 3 is 2.65 bits per heavy atom. The molecule has 0 unspecified atom stereocenters. The van der Waals surface area contributed by atoms with Crippen LogP contribution in [0.3, 0.4) is 0 Å². The highest BCUT2D eigenvalue weighted by Crippen LogP contribution is 2.26. The number of alkyl halides is 1. The number of hydrogen-bond donors (Lipinski definition) is 0. The van der Waals surface area contributed by atoms with E-state index >= 15 is 0 Å². The van der Waals surface area contributed by atoms with E-state index in [1.54, 1.807) is 28.8 Å². The van der Waals surface area contributed by atoms with E-state index in [9.17, 15) is 8.78 Å². The molecule has 3 rings (SSSR count). The zero-order chi connectivity index (χ0) is 14.3. The van der Waals surface area contributed by atoms with Crippen LogP contribution in [0.4, 0.5) is 8.78 Å². The van der Waals surface area contributed by atoms with Crippen LogP contribution in [0.25, 0.3) is 16.7 Å². The van der Waals surface area contributed by atoms with Gasteiger partial charge in [0.15, 0.2) is 5.82 Å². The largest absolute Gasteiger partial charge is 0.295 e. The van der Waals surface area contributed by atoms with Crippen molar-refractivity contribution in [2.24, 2.45) is 0 Å². The Kier molecular flexibility index (Phi) is 3.48. The Hall–Kier alpha value is -1.46. The normalized spacial score (nSPS) is 11.2. The van der Waals surface area contributed by atoms with Crippen molar-refractivity contribution >= 4 is 38.6 Å². The summed E-state index contributed by atoms with van der Waals surface area (Å²) in [5, 5.41) is 0. The zero-order valence-corrected chi connectivity index (χ0v) is 12.4. The van der Waals surface area contributed by atoms with E-state index in [4.69, 9.17) is 11.6 Å². The summed E-state index contributed by atoms with van der Waals surface area (Å²) in [4.78, 5) is 4.18. The second-order valence-electron chi connectivity index (χ2n) is 4.20. The van der Waals surface area contributed by atoms with E-state index in [1.807, 2.05) is 0 Å². The third kappa shape index (κ3) is 2.11. The molecule has 0 aliphatic rings. The van der Waals surface area contributed by atoms with Gasteiger partial charge in [-0.1, -0.05) is 6.07 Å². The lowest BCUT2D eigenvalue weighted by Gasteiger charge is -2.08. The van der Waals surface area contributed by atoms with Gasteiger partial charge in [-0.25, -0.2) is 13.8 Å². The quantitative estimate of drug-likeness (QED) is 0.602. The lowest BCUT2D eigenvalue weighted by Crippen LogP contribution is -2.00. The molecule has 20 heavy (non-hydrogen) atoms. The molecule has 0 radical (unpaired) electrons. The predicted molar refractivity (Wildman–Crippen MR) is 78.2 cm³/mol. The maximum atomic E-state index is 13.8. The van der Waals surface area contributed by atoms with E-state index < -0.39 is 11.6 Å². The summed E-state index contributed by atoms with van der Waals surface area (Å²) >= 11 is 8.97. The molecule has 1 aromatic heterocycles. The van der Waals surface area contributed by atoms with Crippen molar-refractivity contribution in [1.82, 2.24) is 9.55 Å².